The molecule has 0 aliphatic rings. The molecule has 1 heterocycles. The van der Waals surface area contributed by atoms with Gasteiger partial charge in [0, 0.05) is 0 Å². The zero-order chi connectivity index (χ0) is 13.3. The molecule has 18 heavy (non-hydrogen) atoms. The summed E-state index contributed by atoms with van der Waals surface area (Å²) in [5, 5.41) is 9.54. The van der Waals surface area contributed by atoms with Crippen molar-refractivity contribution in [3.05, 3.63) is 28.7 Å². The maximum Gasteiger partial charge on any atom is 0.241 e. The lowest BCUT2D eigenvalue weighted by Crippen LogP contribution is -2.33. The van der Waals surface area contributed by atoms with Crippen molar-refractivity contribution in [2.45, 2.75) is 20.0 Å². The van der Waals surface area contributed by atoms with Gasteiger partial charge in [-0.15, -0.1) is 5.10 Å². The van der Waals surface area contributed by atoms with Crippen LogP contribution in [-0.4, -0.2) is 16.0 Å². The minimum Gasteiger partial charge on any atom is -0.473 e. The molecule has 0 fully saturated rings. The number of ether oxygens (including phenoxy) is 1. The number of nitrogens with zero attached hydrogens (tertiary/aromatic N) is 3. The molecule has 0 aliphatic heterocycles. The van der Waals surface area contributed by atoms with Gasteiger partial charge in [0.2, 0.25) is 5.88 Å². The smallest absolute Gasteiger partial charge is 0.241 e. The first-order chi connectivity index (χ1) is 8.54. The largest absolute Gasteiger partial charge is 0.473 e. The highest BCUT2D eigenvalue weighted by Gasteiger charge is 2.12. The predicted molar refractivity (Wildman–Crippen MR) is 70.4 cm³/mol. The van der Waals surface area contributed by atoms with E-state index in [2.05, 4.69) is 10.2 Å². The number of hydrogen-bond acceptors (Lipinski definition) is 5. The van der Waals surface area contributed by atoms with Crippen LogP contribution >= 0.6 is 11.6 Å². The standard InChI is InChI=1S/C11H14ClN5O/c1-6(2)18-11-7-4-3-5-8(12)9(7)10(15-13)17(14)16-11/h3-6H,13-14H2,1-2H3/b15-10-. The van der Waals surface area contributed by atoms with Crippen molar-refractivity contribution in [1.82, 2.24) is 9.89 Å². The van der Waals surface area contributed by atoms with E-state index in [1.54, 1.807) is 12.1 Å². The van der Waals surface area contributed by atoms with Crippen molar-refractivity contribution in [3.63, 3.8) is 0 Å². The maximum atomic E-state index is 6.15. The lowest BCUT2D eigenvalue weighted by molar-refractivity contribution is 0.231. The van der Waals surface area contributed by atoms with Crippen LogP contribution in [0.1, 0.15) is 13.8 Å². The molecule has 0 amide bonds. The van der Waals surface area contributed by atoms with Crippen molar-refractivity contribution < 1.29 is 4.74 Å². The van der Waals surface area contributed by atoms with E-state index >= 15 is 0 Å². The molecule has 1 aromatic carbocycles. The van der Waals surface area contributed by atoms with Gasteiger partial charge in [-0.05, 0) is 26.0 Å². The Labute approximate surface area is 109 Å². The first-order valence-electron chi connectivity index (χ1n) is 5.41. The summed E-state index contributed by atoms with van der Waals surface area (Å²) in [6, 6.07) is 5.37. The van der Waals surface area contributed by atoms with Crippen LogP contribution in [0.4, 0.5) is 0 Å². The van der Waals surface area contributed by atoms with Gasteiger partial charge in [0.05, 0.1) is 21.9 Å². The van der Waals surface area contributed by atoms with Gasteiger partial charge in [-0.2, -0.15) is 9.89 Å². The molecule has 2 rings (SSSR count). The number of rotatable bonds is 2. The Morgan fingerprint density at radius 1 is 1.44 bits per heavy atom. The van der Waals surface area contributed by atoms with Crippen LogP contribution < -0.4 is 21.9 Å². The van der Waals surface area contributed by atoms with Gasteiger partial charge in [0.25, 0.3) is 0 Å². The summed E-state index contributed by atoms with van der Waals surface area (Å²) >= 11 is 6.15. The SMILES string of the molecule is CC(C)Oc1nn(N)/c(=N\N)c2c(Cl)cccc12. The van der Waals surface area contributed by atoms with Crippen LogP contribution in [0.3, 0.4) is 0 Å². The third-order valence-corrected chi connectivity index (χ3v) is 2.67. The Kier molecular flexibility index (Phi) is 3.29. The average molecular weight is 268 g/mol. The summed E-state index contributed by atoms with van der Waals surface area (Å²) in [6.45, 7) is 3.81. The number of aromatic nitrogens is 2. The number of halogens is 1. The molecule has 0 saturated heterocycles. The second kappa shape index (κ2) is 4.73. The van der Waals surface area contributed by atoms with Crippen LogP contribution in [0.15, 0.2) is 23.3 Å². The Balaban J connectivity index is 2.88. The van der Waals surface area contributed by atoms with Crippen molar-refractivity contribution in [2.75, 3.05) is 5.84 Å². The van der Waals surface area contributed by atoms with Crippen LogP contribution in [0, 0.1) is 0 Å². The van der Waals surface area contributed by atoms with E-state index in [1.165, 1.54) is 0 Å². The summed E-state index contributed by atoms with van der Waals surface area (Å²) in [6.07, 6.45) is -0.0275. The fourth-order valence-corrected chi connectivity index (χ4v) is 1.94. The van der Waals surface area contributed by atoms with Crippen molar-refractivity contribution in [3.8, 4) is 5.88 Å². The van der Waals surface area contributed by atoms with E-state index in [-0.39, 0.29) is 6.10 Å². The normalized spacial score (nSPS) is 12.3. The molecule has 0 saturated carbocycles. The van der Waals surface area contributed by atoms with Gasteiger partial charge in [0.15, 0.2) is 5.49 Å². The number of nitrogens with two attached hydrogens (primary N) is 2. The van der Waals surface area contributed by atoms with Gasteiger partial charge in [-0.25, -0.2) is 0 Å². The monoisotopic (exact) mass is 267 g/mol. The Bertz CT molecular complexity index is 650. The fraction of sp³-hybridized carbons (Fsp3) is 0.273. The highest BCUT2D eigenvalue weighted by Crippen LogP contribution is 2.26. The first kappa shape index (κ1) is 12.5. The molecule has 2 aromatic rings. The molecule has 96 valence electrons. The maximum absolute atomic E-state index is 6.15. The number of nitrogen functional groups attached to an aromatic ring is 1. The highest BCUT2D eigenvalue weighted by molar-refractivity contribution is 6.35. The van der Waals surface area contributed by atoms with Crippen molar-refractivity contribution >= 4 is 22.4 Å². The van der Waals surface area contributed by atoms with E-state index in [0.717, 1.165) is 10.2 Å². The van der Waals surface area contributed by atoms with E-state index < -0.39 is 0 Å². The average Bonchev–Trinajstić information content (AvgIpc) is 2.30. The Morgan fingerprint density at radius 3 is 2.78 bits per heavy atom. The van der Waals surface area contributed by atoms with Gasteiger partial charge in [-0.3, -0.25) is 0 Å². The third kappa shape index (κ3) is 2.06. The first-order valence-corrected chi connectivity index (χ1v) is 5.79. The zero-order valence-corrected chi connectivity index (χ0v) is 10.8. The van der Waals surface area contributed by atoms with Crippen LogP contribution in [0.5, 0.6) is 5.88 Å². The van der Waals surface area contributed by atoms with Gasteiger partial charge >= 0.3 is 0 Å². The molecular formula is C11H14ClN5O. The molecule has 0 spiro atoms. The van der Waals surface area contributed by atoms with E-state index in [9.17, 15) is 0 Å². The molecular weight excluding hydrogens is 254 g/mol. The lowest BCUT2D eigenvalue weighted by Gasteiger charge is -2.13. The van der Waals surface area contributed by atoms with E-state index in [0.29, 0.717) is 21.8 Å². The minimum absolute atomic E-state index is 0.0275. The molecule has 1 aromatic heterocycles. The van der Waals surface area contributed by atoms with E-state index in [4.69, 9.17) is 28.0 Å². The number of benzene rings is 1. The molecule has 7 heteroatoms. The van der Waals surface area contributed by atoms with Gasteiger partial charge in [0.1, 0.15) is 0 Å². The summed E-state index contributed by atoms with van der Waals surface area (Å²) in [7, 11) is 0. The molecule has 6 nitrogen and oxygen atoms in total. The van der Waals surface area contributed by atoms with Crippen LogP contribution in [0.2, 0.25) is 5.02 Å². The molecule has 0 bridgehead atoms. The third-order valence-electron chi connectivity index (χ3n) is 2.35. The summed E-state index contributed by atoms with van der Waals surface area (Å²) in [5.41, 5.74) is 0.298. The second-order valence-corrected chi connectivity index (χ2v) is 4.44. The van der Waals surface area contributed by atoms with Gasteiger partial charge < -0.3 is 16.4 Å². The van der Waals surface area contributed by atoms with Gasteiger partial charge in [-0.1, -0.05) is 17.7 Å². The lowest BCUT2D eigenvalue weighted by atomic mass is 10.2. The highest BCUT2D eigenvalue weighted by atomic mass is 35.5. The summed E-state index contributed by atoms with van der Waals surface area (Å²) < 4.78 is 5.61. The summed E-state index contributed by atoms with van der Waals surface area (Å²) in [5.74, 6) is 11.5. The van der Waals surface area contributed by atoms with Crippen LogP contribution in [-0.2, 0) is 0 Å². The second-order valence-electron chi connectivity index (χ2n) is 4.03. The molecule has 4 N–H and O–H groups in total. The molecule has 0 aliphatic carbocycles. The van der Waals surface area contributed by atoms with Crippen molar-refractivity contribution in [2.24, 2.45) is 10.9 Å². The predicted octanol–water partition coefficient (Wildman–Crippen LogP) is 0.965. The number of fused-ring (bicyclic) bond motifs is 1. The van der Waals surface area contributed by atoms with Crippen LogP contribution in [0.25, 0.3) is 10.8 Å². The quantitative estimate of drug-likeness (QED) is 0.626. The topological polar surface area (TPSA) is 91.5 Å². The molecule has 0 unspecified atom stereocenters. The number of hydrogen-bond donors (Lipinski definition) is 2. The summed E-state index contributed by atoms with van der Waals surface area (Å²) in [4.78, 5) is 1.06. The fourth-order valence-electron chi connectivity index (χ4n) is 1.68. The molecule has 0 radical (unpaired) electrons. The Hall–Kier alpha value is -1.95. The molecule has 0 atom stereocenters. The zero-order valence-electron chi connectivity index (χ0n) is 10.1. The van der Waals surface area contributed by atoms with E-state index in [1.807, 2.05) is 19.9 Å². The Morgan fingerprint density at radius 2 is 2.17 bits per heavy atom. The van der Waals surface area contributed by atoms with Crippen molar-refractivity contribution in [1.29, 1.82) is 0 Å². The minimum atomic E-state index is -0.0275.